The fourth-order valence-corrected chi connectivity index (χ4v) is 2.18. The Balaban J connectivity index is 1.84. The molecular weight excluding hydrogens is 298 g/mol. The molecule has 0 amide bonds. The van der Waals surface area contributed by atoms with E-state index in [1.54, 1.807) is 13.2 Å². The number of nitrogens with zero attached hydrogens (tertiary/aromatic N) is 2. The zero-order chi connectivity index (χ0) is 16.7. The number of aliphatic imine (C=N–C) groups is 1. The zero-order valence-corrected chi connectivity index (χ0v) is 13.2. The van der Waals surface area contributed by atoms with E-state index in [9.17, 15) is 8.78 Å². The minimum Gasteiger partial charge on any atom is -0.356 e. The molecule has 6 heteroatoms. The van der Waals surface area contributed by atoms with Gasteiger partial charge in [-0.15, -0.1) is 0 Å². The van der Waals surface area contributed by atoms with Crippen LogP contribution >= 0.6 is 0 Å². The summed E-state index contributed by atoms with van der Waals surface area (Å²) in [6.45, 7) is 2.86. The van der Waals surface area contributed by atoms with Crippen molar-refractivity contribution in [1.82, 2.24) is 15.6 Å². The number of aromatic nitrogens is 1. The van der Waals surface area contributed by atoms with Crippen molar-refractivity contribution in [2.45, 2.75) is 19.9 Å². The lowest BCUT2D eigenvalue weighted by Gasteiger charge is -2.13. The van der Waals surface area contributed by atoms with Crippen molar-refractivity contribution in [3.05, 3.63) is 65.0 Å². The number of pyridine rings is 1. The van der Waals surface area contributed by atoms with Gasteiger partial charge in [0.1, 0.15) is 11.6 Å². The smallest absolute Gasteiger partial charge is 0.191 e. The van der Waals surface area contributed by atoms with Crippen molar-refractivity contribution >= 4 is 5.96 Å². The Kier molecular flexibility index (Phi) is 6.02. The summed E-state index contributed by atoms with van der Waals surface area (Å²) >= 11 is 0. The number of rotatable bonds is 5. The van der Waals surface area contributed by atoms with Crippen LogP contribution < -0.4 is 10.6 Å². The summed E-state index contributed by atoms with van der Waals surface area (Å²) in [7, 11) is 1.63. The molecule has 1 aromatic heterocycles. The molecule has 23 heavy (non-hydrogen) atoms. The second-order valence-electron chi connectivity index (χ2n) is 5.14. The molecule has 2 aromatic rings. The van der Waals surface area contributed by atoms with E-state index >= 15 is 0 Å². The molecule has 0 atom stereocenters. The molecule has 0 aliphatic carbocycles. The Labute approximate surface area is 134 Å². The van der Waals surface area contributed by atoms with Gasteiger partial charge in [0, 0.05) is 38.1 Å². The van der Waals surface area contributed by atoms with E-state index in [1.165, 1.54) is 11.6 Å². The molecule has 0 aliphatic rings. The molecule has 122 valence electrons. The SMILES string of the molecule is CN=C(NCCc1ccncc1C)NCc1cc(F)ccc1F. The lowest BCUT2D eigenvalue weighted by molar-refractivity contribution is 0.581. The first kappa shape index (κ1) is 16.9. The van der Waals surface area contributed by atoms with Gasteiger partial charge in [-0.1, -0.05) is 0 Å². The average Bonchev–Trinajstić information content (AvgIpc) is 2.55. The van der Waals surface area contributed by atoms with Crippen molar-refractivity contribution in [1.29, 1.82) is 0 Å². The summed E-state index contributed by atoms with van der Waals surface area (Å²) < 4.78 is 26.7. The predicted octanol–water partition coefficient (Wildman–Crippen LogP) is 2.58. The first-order valence-electron chi connectivity index (χ1n) is 7.38. The van der Waals surface area contributed by atoms with Gasteiger partial charge in [-0.05, 0) is 48.7 Å². The van der Waals surface area contributed by atoms with Crippen LogP contribution in [0.5, 0.6) is 0 Å². The zero-order valence-electron chi connectivity index (χ0n) is 13.2. The van der Waals surface area contributed by atoms with Crippen LogP contribution in [0.4, 0.5) is 8.78 Å². The molecule has 0 spiro atoms. The third-order valence-corrected chi connectivity index (χ3v) is 3.50. The van der Waals surface area contributed by atoms with Crippen LogP contribution in [0.2, 0.25) is 0 Å². The maximum Gasteiger partial charge on any atom is 0.191 e. The third kappa shape index (κ3) is 5.02. The van der Waals surface area contributed by atoms with Crippen molar-refractivity contribution in [3.63, 3.8) is 0 Å². The summed E-state index contributed by atoms with van der Waals surface area (Å²) in [5.41, 5.74) is 2.61. The van der Waals surface area contributed by atoms with E-state index in [-0.39, 0.29) is 12.1 Å². The monoisotopic (exact) mass is 318 g/mol. The molecule has 0 radical (unpaired) electrons. The fourth-order valence-electron chi connectivity index (χ4n) is 2.18. The molecule has 0 unspecified atom stereocenters. The average molecular weight is 318 g/mol. The van der Waals surface area contributed by atoms with Gasteiger partial charge < -0.3 is 10.6 Å². The van der Waals surface area contributed by atoms with Gasteiger partial charge in [0.05, 0.1) is 0 Å². The molecule has 0 aliphatic heterocycles. The molecular formula is C17H20F2N4. The lowest BCUT2D eigenvalue weighted by atomic mass is 10.1. The lowest BCUT2D eigenvalue weighted by Crippen LogP contribution is -2.38. The number of aryl methyl sites for hydroxylation is 1. The molecule has 0 saturated heterocycles. The van der Waals surface area contributed by atoms with Crippen LogP contribution in [0.25, 0.3) is 0 Å². The number of hydrogen-bond acceptors (Lipinski definition) is 2. The van der Waals surface area contributed by atoms with Gasteiger partial charge in [0.25, 0.3) is 0 Å². The standard InChI is InChI=1S/C17H20F2N4/c1-12-10-21-7-5-13(12)6-8-22-17(20-2)23-11-14-9-15(18)3-4-16(14)19/h3-5,7,9-10H,6,8,11H2,1-2H3,(H2,20,22,23). The highest BCUT2D eigenvalue weighted by molar-refractivity contribution is 5.79. The normalized spacial score (nSPS) is 11.4. The number of guanidine groups is 1. The molecule has 1 heterocycles. The minimum atomic E-state index is -0.459. The number of nitrogens with one attached hydrogen (secondary N) is 2. The highest BCUT2D eigenvalue weighted by Crippen LogP contribution is 2.09. The molecule has 4 nitrogen and oxygen atoms in total. The van der Waals surface area contributed by atoms with Gasteiger partial charge in [-0.3, -0.25) is 9.98 Å². The van der Waals surface area contributed by atoms with Crippen LogP contribution in [0.1, 0.15) is 16.7 Å². The topological polar surface area (TPSA) is 49.3 Å². The first-order chi connectivity index (χ1) is 11.1. The van der Waals surface area contributed by atoms with E-state index in [0.717, 1.165) is 24.1 Å². The Morgan fingerprint density at radius 3 is 2.74 bits per heavy atom. The summed E-state index contributed by atoms with van der Waals surface area (Å²) in [4.78, 5) is 8.13. The summed E-state index contributed by atoms with van der Waals surface area (Å²) in [6.07, 6.45) is 4.42. The molecule has 2 rings (SSSR count). The summed E-state index contributed by atoms with van der Waals surface area (Å²) in [5.74, 6) is -0.360. The molecule has 0 saturated carbocycles. The van der Waals surface area contributed by atoms with Gasteiger partial charge in [0.2, 0.25) is 0 Å². The van der Waals surface area contributed by atoms with Crippen molar-refractivity contribution < 1.29 is 8.78 Å². The maximum absolute atomic E-state index is 13.6. The number of hydrogen-bond donors (Lipinski definition) is 2. The Morgan fingerprint density at radius 2 is 2.00 bits per heavy atom. The fraction of sp³-hybridized carbons (Fsp3) is 0.294. The summed E-state index contributed by atoms with van der Waals surface area (Å²) in [6, 6.07) is 5.38. The van der Waals surface area contributed by atoms with Crippen LogP contribution in [0.15, 0.2) is 41.7 Å². The van der Waals surface area contributed by atoms with Gasteiger partial charge in [-0.25, -0.2) is 8.78 Å². The molecule has 2 N–H and O–H groups in total. The number of halogens is 2. The Bertz CT molecular complexity index is 686. The number of benzene rings is 1. The van der Waals surface area contributed by atoms with E-state index in [2.05, 4.69) is 20.6 Å². The van der Waals surface area contributed by atoms with Crippen LogP contribution in [0.3, 0.4) is 0 Å². The van der Waals surface area contributed by atoms with E-state index in [0.29, 0.717) is 12.5 Å². The highest BCUT2D eigenvalue weighted by atomic mass is 19.1. The van der Waals surface area contributed by atoms with Crippen LogP contribution in [-0.4, -0.2) is 24.5 Å². The quantitative estimate of drug-likeness (QED) is 0.658. The third-order valence-electron chi connectivity index (χ3n) is 3.50. The van der Waals surface area contributed by atoms with Gasteiger partial charge >= 0.3 is 0 Å². The van der Waals surface area contributed by atoms with Gasteiger partial charge in [0.15, 0.2) is 5.96 Å². The van der Waals surface area contributed by atoms with E-state index in [4.69, 9.17) is 0 Å². The highest BCUT2D eigenvalue weighted by Gasteiger charge is 2.05. The second kappa shape index (κ2) is 8.22. The first-order valence-corrected chi connectivity index (χ1v) is 7.38. The minimum absolute atomic E-state index is 0.164. The van der Waals surface area contributed by atoms with Crippen molar-refractivity contribution in [2.75, 3.05) is 13.6 Å². The largest absolute Gasteiger partial charge is 0.356 e. The maximum atomic E-state index is 13.6. The van der Waals surface area contributed by atoms with Crippen LogP contribution in [-0.2, 0) is 13.0 Å². The second-order valence-corrected chi connectivity index (χ2v) is 5.14. The molecule has 0 bridgehead atoms. The van der Waals surface area contributed by atoms with E-state index < -0.39 is 11.6 Å². The summed E-state index contributed by atoms with van der Waals surface area (Å²) in [5, 5.41) is 6.13. The Hall–Kier alpha value is -2.50. The van der Waals surface area contributed by atoms with E-state index in [1.807, 2.05) is 19.2 Å². The molecule has 0 fully saturated rings. The Morgan fingerprint density at radius 1 is 1.17 bits per heavy atom. The molecule has 1 aromatic carbocycles. The predicted molar refractivity (Wildman–Crippen MR) is 87.2 cm³/mol. The van der Waals surface area contributed by atoms with Crippen LogP contribution in [0, 0.1) is 18.6 Å². The van der Waals surface area contributed by atoms with Crippen molar-refractivity contribution in [3.8, 4) is 0 Å². The van der Waals surface area contributed by atoms with Gasteiger partial charge in [-0.2, -0.15) is 0 Å². The van der Waals surface area contributed by atoms with Crippen molar-refractivity contribution in [2.24, 2.45) is 4.99 Å².